The van der Waals surface area contributed by atoms with Gasteiger partial charge in [0, 0.05) is 23.5 Å². The summed E-state index contributed by atoms with van der Waals surface area (Å²) < 4.78 is 67.5. The van der Waals surface area contributed by atoms with Crippen LogP contribution in [0.4, 0.5) is 18.9 Å². The van der Waals surface area contributed by atoms with Crippen LogP contribution in [-0.4, -0.2) is 30.4 Å². The fourth-order valence-electron chi connectivity index (χ4n) is 3.22. The third-order valence-electron chi connectivity index (χ3n) is 4.52. The summed E-state index contributed by atoms with van der Waals surface area (Å²) in [5, 5.41) is 6.67. The molecule has 32 heavy (non-hydrogen) atoms. The summed E-state index contributed by atoms with van der Waals surface area (Å²) in [6, 6.07) is 11.2. The van der Waals surface area contributed by atoms with Crippen molar-refractivity contribution < 1.29 is 26.4 Å². The van der Waals surface area contributed by atoms with E-state index in [9.17, 15) is 26.4 Å². The molecule has 11 heteroatoms. The number of sulfonamides is 1. The molecule has 2 N–H and O–H groups in total. The Morgan fingerprint density at radius 1 is 1.09 bits per heavy atom. The number of alkyl halides is 3. The van der Waals surface area contributed by atoms with Crippen LogP contribution in [0, 0.1) is 13.8 Å². The molecule has 2 aromatic carbocycles. The maximum absolute atomic E-state index is 13.7. The molecule has 0 saturated heterocycles. The van der Waals surface area contributed by atoms with Gasteiger partial charge in [0.1, 0.15) is 0 Å². The van der Waals surface area contributed by atoms with E-state index in [-0.39, 0.29) is 29.0 Å². The molecule has 0 saturated carbocycles. The average Bonchev–Trinajstić information content (AvgIpc) is 3.02. The van der Waals surface area contributed by atoms with E-state index >= 15 is 0 Å². The molecule has 1 heterocycles. The first kappa shape index (κ1) is 23.3. The number of benzene rings is 2. The van der Waals surface area contributed by atoms with Gasteiger partial charge in [0.2, 0.25) is 10.0 Å². The molecule has 0 unspecified atom stereocenters. The van der Waals surface area contributed by atoms with Gasteiger partial charge in [-0.15, -0.1) is 0 Å². The number of rotatable bonds is 6. The Hall–Kier alpha value is -3.34. The van der Waals surface area contributed by atoms with Gasteiger partial charge in [0.15, 0.2) is 0 Å². The lowest BCUT2D eigenvalue weighted by Crippen LogP contribution is -2.25. The minimum absolute atomic E-state index is 0.103. The van der Waals surface area contributed by atoms with E-state index in [2.05, 4.69) is 15.1 Å². The van der Waals surface area contributed by atoms with Crippen LogP contribution in [0.2, 0.25) is 0 Å². The highest BCUT2D eigenvalue weighted by molar-refractivity contribution is 7.92. The van der Waals surface area contributed by atoms with Gasteiger partial charge in [-0.25, -0.2) is 13.1 Å². The maximum atomic E-state index is 13.7. The SMILES string of the molecule is Cc1cc(C)n(-c2ccc(CNC(=O)c3cccc(NS(C)(=O)=O)c3)c(C(F)(F)F)c2)n1. The van der Waals surface area contributed by atoms with Crippen molar-refractivity contribution in [1.82, 2.24) is 15.1 Å². The summed E-state index contributed by atoms with van der Waals surface area (Å²) in [5.41, 5.74) is 0.922. The summed E-state index contributed by atoms with van der Waals surface area (Å²) in [4.78, 5) is 12.4. The van der Waals surface area contributed by atoms with Gasteiger partial charge < -0.3 is 5.32 Å². The molecule has 0 radical (unpaired) electrons. The Balaban J connectivity index is 1.84. The zero-order valence-electron chi connectivity index (χ0n) is 17.5. The number of nitrogens with zero attached hydrogens (tertiary/aromatic N) is 2. The third-order valence-corrected chi connectivity index (χ3v) is 5.13. The molecule has 0 aliphatic carbocycles. The van der Waals surface area contributed by atoms with Crippen molar-refractivity contribution >= 4 is 21.6 Å². The lowest BCUT2D eigenvalue weighted by Gasteiger charge is -2.16. The number of hydrogen-bond acceptors (Lipinski definition) is 4. The maximum Gasteiger partial charge on any atom is 0.416 e. The first-order chi connectivity index (χ1) is 14.8. The second-order valence-corrected chi connectivity index (χ2v) is 9.06. The molecular weight excluding hydrogens is 445 g/mol. The molecule has 1 aromatic heterocycles. The largest absolute Gasteiger partial charge is 0.416 e. The predicted molar refractivity (Wildman–Crippen MR) is 114 cm³/mol. The highest BCUT2D eigenvalue weighted by Gasteiger charge is 2.34. The first-order valence-corrected chi connectivity index (χ1v) is 11.3. The molecular formula is C21H21F3N4O3S. The molecule has 0 atom stereocenters. The molecule has 0 bridgehead atoms. The Kier molecular flexibility index (Phi) is 6.31. The molecule has 7 nitrogen and oxygen atoms in total. The van der Waals surface area contributed by atoms with E-state index in [0.717, 1.165) is 12.3 Å². The normalized spacial score (nSPS) is 11.9. The quantitative estimate of drug-likeness (QED) is 0.578. The fraction of sp³-hybridized carbons (Fsp3) is 0.238. The van der Waals surface area contributed by atoms with E-state index in [1.165, 1.54) is 41.1 Å². The zero-order chi connectivity index (χ0) is 23.7. The van der Waals surface area contributed by atoms with Gasteiger partial charge in [-0.3, -0.25) is 9.52 Å². The van der Waals surface area contributed by atoms with Gasteiger partial charge in [-0.2, -0.15) is 18.3 Å². The molecule has 0 aliphatic rings. The van der Waals surface area contributed by atoms with Crippen molar-refractivity contribution in [3.05, 3.63) is 76.6 Å². The van der Waals surface area contributed by atoms with Crippen LogP contribution in [0.3, 0.4) is 0 Å². The van der Waals surface area contributed by atoms with Crippen molar-refractivity contribution in [3.8, 4) is 5.69 Å². The van der Waals surface area contributed by atoms with Gasteiger partial charge in [0.25, 0.3) is 5.91 Å². The smallest absolute Gasteiger partial charge is 0.348 e. The molecule has 0 spiro atoms. The monoisotopic (exact) mass is 466 g/mol. The number of aromatic nitrogens is 2. The van der Waals surface area contributed by atoms with Gasteiger partial charge in [-0.1, -0.05) is 12.1 Å². The van der Waals surface area contributed by atoms with Gasteiger partial charge in [-0.05, 0) is 55.8 Å². The van der Waals surface area contributed by atoms with E-state index < -0.39 is 27.7 Å². The van der Waals surface area contributed by atoms with Crippen LogP contribution >= 0.6 is 0 Å². The predicted octanol–water partition coefficient (Wildman–Crippen LogP) is 3.81. The first-order valence-electron chi connectivity index (χ1n) is 9.43. The molecule has 0 fully saturated rings. The van der Waals surface area contributed by atoms with Crippen LogP contribution in [0.5, 0.6) is 0 Å². The standard InChI is InChI=1S/C21H21F3N4O3S/c1-13-9-14(2)28(26-13)18-8-7-16(19(11-18)21(22,23)24)12-25-20(29)15-5-4-6-17(10-15)27-32(3,30)31/h4-11,27H,12H2,1-3H3,(H,25,29). The fourth-order valence-corrected chi connectivity index (χ4v) is 3.78. The van der Waals surface area contributed by atoms with Crippen LogP contribution in [0.1, 0.15) is 32.9 Å². The van der Waals surface area contributed by atoms with Crippen molar-refractivity contribution in [2.75, 3.05) is 11.0 Å². The van der Waals surface area contributed by atoms with E-state index in [1.54, 1.807) is 19.9 Å². The highest BCUT2D eigenvalue weighted by atomic mass is 32.2. The van der Waals surface area contributed by atoms with Crippen molar-refractivity contribution in [2.45, 2.75) is 26.6 Å². The van der Waals surface area contributed by atoms with Crippen molar-refractivity contribution in [1.29, 1.82) is 0 Å². The third kappa shape index (κ3) is 5.67. The Morgan fingerprint density at radius 3 is 2.41 bits per heavy atom. The van der Waals surface area contributed by atoms with Gasteiger partial charge in [0.05, 0.1) is 23.2 Å². The van der Waals surface area contributed by atoms with E-state index in [1.807, 2.05) is 0 Å². The van der Waals surface area contributed by atoms with Crippen LogP contribution < -0.4 is 10.0 Å². The topological polar surface area (TPSA) is 93.1 Å². The molecule has 0 aliphatic heterocycles. The number of hydrogen-bond donors (Lipinski definition) is 2. The average molecular weight is 466 g/mol. The molecule has 1 amide bonds. The highest BCUT2D eigenvalue weighted by Crippen LogP contribution is 2.33. The van der Waals surface area contributed by atoms with E-state index in [0.29, 0.717) is 11.4 Å². The summed E-state index contributed by atoms with van der Waals surface area (Å²) in [7, 11) is -3.54. The minimum atomic E-state index is -4.63. The molecule has 3 rings (SSSR count). The van der Waals surface area contributed by atoms with Crippen LogP contribution in [-0.2, 0) is 22.7 Å². The lowest BCUT2D eigenvalue weighted by atomic mass is 10.1. The molecule has 170 valence electrons. The second kappa shape index (κ2) is 8.65. The summed E-state index contributed by atoms with van der Waals surface area (Å²) in [6.45, 7) is 3.13. The number of nitrogens with one attached hydrogen (secondary N) is 2. The van der Waals surface area contributed by atoms with Gasteiger partial charge >= 0.3 is 6.18 Å². The summed E-state index contributed by atoms with van der Waals surface area (Å²) in [6.07, 6.45) is -3.67. The van der Waals surface area contributed by atoms with Crippen molar-refractivity contribution in [3.63, 3.8) is 0 Å². The Labute approximate surface area is 183 Å². The minimum Gasteiger partial charge on any atom is -0.348 e. The Bertz CT molecular complexity index is 1270. The number of carbonyl (C=O) groups is 1. The number of carbonyl (C=O) groups excluding carboxylic acids is 1. The van der Waals surface area contributed by atoms with Crippen molar-refractivity contribution in [2.24, 2.45) is 0 Å². The van der Waals surface area contributed by atoms with Crippen LogP contribution in [0.15, 0.2) is 48.5 Å². The summed E-state index contributed by atoms with van der Waals surface area (Å²) in [5.74, 6) is -0.641. The number of anilines is 1. The second-order valence-electron chi connectivity index (χ2n) is 7.32. The number of amides is 1. The number of halogens is 3. The lowest BCUT2D eigenvalue weighted by molar-refractivity contribution is -0.138. The zero-order valence-corrected chi connectivity index (χ0v) is 18.3. The van der Waals surface area contributed by atoms with E-state index in [4.69, 9.17) is 0 Å². The number of aryl methyl sites for hydroxylation is 2. The summed E-state index contributed by atoms with van der Waals surface area (Å²) >= 11 is 0. The van der Waals surface area contributed by atoms with Crippen LogP contribution in [0.25, 0.3) is 5.69 Å². The molecule has 3 aromatic rings. The Morgan fingerprint density at radius 2 is 1.81 bits per heavy atom.